The molecule has 0 aliphatic carbocycles. The molecule has 4 rings (SSSR count). The number of nitrogens with one attached hydrogen (secondary N) is 1. The molecule has 0 aliphatic rings. The number of para-hydroxylation sites is 1. The largest absolute Gasteiger partial charge is 0.456 e. The number of hydrogen-bond donors (Lipinski definition) is 1. The van der Waals surface area contributed by atoms with Crippen molar-refractivity contribution < 1.29 is 14.0 Å². The van der Waals surface area contributed by atoms with Gasteiger partial charge in [-0.15, -0.1) is 0 Å². The highest BCUT2D eigenvalue weighted by Gasteiger charge is 2.09. The van der Waals surface area contributed by atoms with Crippen LogP contribution in [0.25, 0.3) is 22.3 Å². The van der Waals surface area contributed by atoms with Crippen LogP contribution < -0.4 is 5.32 Å². The van der Waals surface area contributed by atoms with E-state index in [0.29, 0.717) is 16.8 Å². The summed E-state index contributed by atoms with van der Waals surface area (Å²) >= 11 is 0. The quantitative estimate of drug-likeness (QED) is 0.488. The van der Waals surface area contributed by atoms with Crippen LogP contribution in [0.1, 0.15) is 27.6 Å². The molecule has 0 saturated heterocycles. The van der Waals surface area contributed by atoms with E-state index < -0.39 is 0 Å². The monoisotopic (exact) mass is 355 g/mol. The van der Waals surface area contributed by atoms with Gasteiger partial charge in [-0.2, -0.15) is 0 Å². The minimum Gasteiger partial charge on any atom is -0.456 e. The Hall–Kier alpha value is -3.66. The molecule has 1 N–H and O–H groups in total. The molecule has 0 radical (unpaired) electrons. The van der Waals surface area contributed by atoms with Crippen LogP contribution in [-0.4, -0.2) is 11.7 Å². The van der Waals surface area contributed by atoms with Crippen molar-refractivity contribution in [3.05, 3.63) is 90.0 Å². The summed E-state index contributed by atoms with van der Waals surface area (Å²) in [7, 11) is 0. The summed E-state index contributed by atoms with van der Waals surface area (Å²) in [5, 5.41) is 3.91. The molecule has 0 fully saturated rings. The molecule has 27 heavy (non-hydrogen) atoms. The van der Waals surface area contributed by atoms with E-state index in [1.807, 2.05) is 54.6 Å². The van der Waals surface area contributed by atoms with Crippen molar-refractivity contribution in [3.8, 4) is 11.3 Å². The number of carbonyl (C=O) groups excluding carboxylic acids is 2. The van der Waals surface area contributed by atoms with Gasteiger partial charge >= 0.3 is 0 Å². The van der Waals surface area contributed by atoms with Crippen LogP contribution in [0.15, 0.2) is 83.3 Å². The number of amides is 1. The predicted molar refractivity (Wildman–Crippen MR) is 106 cm³/mol. The van der Waals surface area contributed by atoms with Gasteiger partial charge in [-0.3, -0.25) is 9.59 Å². The zero-order valence-electron chi connectivity index (χ0n) is 14.7. The third-order valence-electron chi connectivity index (χ3n) is 4.41. The Morgan fingerprint density at radius 3 is 2.15 bits per heavy atom. The maximum Gasteiger partial charge on any atom is 0.255 e. The number of rotatable bonds is 4. The van der Waals surface area contributed by atoms with E-state index in [9.17, 15) is 9.59 Å². The van der Waals surface area contributed by atoms with Gasteiger partial charge in [0.2, 0.25) is 0 Å². The number of benzene rings is 3. The Kier molecular flexibility index (Phi) is 4.30. The van der Waals surface area contributed by atoms with Crippen LogP contribution in [-0.2, 0) is 0 Å². The van der Waals surface area contributed by atoms with E-state index in [2.05, 4.69) is 5.32 Å². The van der Waals surface area contributed by atoms with Crippen LogP contribution in [0, 0.1) is 0 Å². The lowest BCUT2D eigenvalue weighted by molar-refractivity contribution is 0.101. The van der Waals surface area contributed by atoms with E-state index in [0.717, 1.165) is 22.3 Å². The van der Waals surface area contributed by atoms with Crippen molar-refractivity contribution in [1.29, 1.82) is 0 Å². The maximum atomic E-state index is 12.4. The van der Waals surface area contributed by atoms with E-state index in [4.69, 9.17) is 4.42 Å². The molecular formula is C23H17NO3. The third kappa shape index (κ3) is 3.51. The lowest BCUT2D eigenvalue weighted by atomic mass is 10.1. The Labute approximate surface area is 156 Å². The average molecular weight is 355 g/mol. The summed E-state index contributed by atoms with van der Waals surface area (Å²) in [6.45, 7) is 1.50. The second-order valence-corrected chi connectivity index (χ2v) is 6.31. The normalized spacial score (nSPS) is 10.7. The first-order valence-electron chi connectivity index (χ1n) is 8.61. The maximum absolute atomic E-state index is 12.4. The van der Waals surface area contributed by atoms with E-state index >= 15 is 0 Å². The molecule has 1 amide bonds. The second kappa shape index (κ2) is 6.92. The molecule has 4 heteroatoms. The lowest BCUT2D eigenvalue weighted by Gasteiger charge is -2.06. The van der Waals surface area contributed by atoms with Crippen molar-refractivity contribution >= 4 is 28.3 Å². The number of ketones is 1. The van der Waals surface area contributed by atoms with Gasteiger partial charge in [-0.1, -0.05) is 30.3 Å². The molecule has 4 nitrogen and oxygen atoms in total. The number of fused-ring (bicyclic) bond motifs is 1. The van der Waals surface area contributed by atoms with Crippen molar-refractivity contribution in [2.45, 2.75) is 6.92 Å². The summed E-state index contributed by atoms with van der Waals surface area (Å²) in [5.74, 6) is 0.540. The molecule has 1 aromatic heterocycles. The van der Waals surface area contributed by atoms with Crippen LogP contribution in [0.5, 0.6) is 0 Å². The first kappa shape index (κ1) is 16.8. The van der Waals surface area contributed by atoms with Gasteiger partial charge in [0, 0.05) is 27.8 Å². The average Bonchev–Trinajstić information content (AvgIpc) is 3.13. The molecule has 0 bridgehead atoms. The number of furan rings is 1. The first-order chi connectivity index (χ1) is 13.1. The summed E-state index contributed by atoms with van der Waals surface area (Å²) in [6.07, 6.45) is 0. The first-order valence-corrected chi connectivity index (χ1v) is 8.61. The second-order valence-electron chi connectivity index (χ2n) is 6.31. The minimum atomic E-state index is -0.221. The lowest BCUT2D eigenvalue weighted by Crippen LogP contribution is -2.11. The van der Waals surface area contributed by atoms with Gasteiger partial charge in [0.05, 0.1) is 0 Å². The van der Waals surface area contributed by atoms with Gasteiger partial charge in [0.15, 0.2) is 5.78 Å². The molecule has 0 saturated carbocycles. The Bertz CT molecular complexity index is 1090. The van der Waals surface area contributed by atoms with Gasteiger partial charge in [-0.05, 0) is 55.5 Å². The number of Topliss-reactive ketones (excluding diaryl/α,β-unsaturated/α-hetero) is 1. The predicted octanol–water partition coefficient (Wildman–Crippen LogP) is 5.55. The fraction of sp³-hybridized carbons (Fsp3) is 0.0435. The molecular weight excluding hydrogens is 338 g/mol. The highest BCUT2D eigenvalue weighted by Crippen LogP contribution is 2.28. The van der Waals surface area contributed by atoms with Crippen molar-refractivity contribution in [2.24, 2.45) is 0 Å². The van der Waals surface area contributed by atoms with Crippen LogP contribution in [0.3, 0.4) is 0 Å². The van der Waals surface area contributed by atoms with E-state index in [1.165, 1.54) is 6.92 Å². The van der Waals surface area contributed by atoms with Gasteiger partial charge in [0.25, 0.3) is 5.91 Å². The van der Waals surface area contributed by atoms with Crippen LogP contribution in [0.4, 0.5) is 5.69 Å². The molecule has 1 heterocycles. The minimum absolute atomic E-state index is 0.0249. The fourth-order valence-corrected chi connectivity index (χ4v) is 2.90. The Morgan fingerprint density at radius 2 is 1.48 bits per heavy atom. The summed E-state index contributed by atoms with van der Waals surface area (Å²) in [6, 6.07) is 24.0. The van der Waals surface area contributed by atoms with E-state index in [1.54, 1.807) is 24.3 Å². The molecule has 0 spiro atoms. The zero-order chi connectivity index (χ0) is 18.8. The van der Waals surface area contributed by atoms with Crippen molar-refractivity contribution in [1.82, 2.24) is 0 Å². The molecule has 0 atom stereocenters. The topological polar surface area (TPSA) is 59.3 Å². The Morgan fingerprint density at radius 1 is 0.815 bits per heavy atom. The molecule has 0 unspecified atom stereocenters. The number of carbonyl (C=O) groups is 2. The summed E-state index contributed by atoms with van der Waals surface area (Å²) < 4.78 is 5.86. The fourth-order valence-electron chi connectivity index (χ4n) is 2.90. The van der Waals surface area contributed by atoms with Crippen LogP contribution in [0.2, 0.25) is 0 Å². The third-order valence-corrected chi connectivity index (χ3v) is 4.41. The molecule has 4 aromatic rings. The van der Waals surface area contributed by atoms with Crippen LogP contribution >= 0.6 is 0 Å². The van der Waals surface area contributed by atoms with Crippen molar-refractivity contribution in [2.75, 3.05) is 5.32 Å². The highest BCUT2D eigenvalue weighted by atomic mass is 16.3. The van der Waals surface area contributed by atoms with Gasteiger partial charge in [-0.25, -0.2) is 0 Å². The molecule has 0 aliphatic heterocycles. The van der Waals surface area contributed by atoms with Gasteiger partial charge in [0.1, 0.15) is 11.3 Å². The number of anilines is 1. The SMILES string of the molecule is CC(=O)c1ccc(C(=O)Nc2ccc(-c3cc4ccccc4o3)cc2)cc1. The Balaban J connectivity index is 1.50. The smallest absolute Gasteiger partial charge is 0.255 e. The standard InChI is InChI=1S/C23H17NO3/c1-15(25)16-6-8-18(9-7-16)23(26)24-20-12-10-17(11-13-20)22-14-19-4-2-3-5-21(19)27-22/h2-14H,1H3,(H,24,26). The number of hydrogen-bond acceptors (Lipinski definition) is 3. The molecule has 3 aromatic carbocycles. The zero-order valence-corrected chi connectivity index (χ0v) is 14.7. The molecule has 132 valence electrons. The summed E-state index contributed by atoms with van der Waals surface area (Å²) in [4.78, 5) is 23.7. The van der Waals surface area contributed by atoms with Gasteiger partial charge < -0.3 is 9.73 Å². The van der Waals surface area contributed by atoms with E-state index in [-0.39, 0.29) is 11.7 Å². The summed E-state index contributed by atoms with van der Waals surface area (Å²) in [5.41, 5.74) is 3.56. The van der Waals surface area contributed by atoms with Crippen molar-refractivity contribution in [3.63, 3.8) is 0 Å². The highest BCUT2D eigenvalue weighted by molar-refractivity contribution is 6.05.